The van der Waals surface area contributed by atoms with Crippen LogP contribution in [0.2, 0.25) is 0 Å². The van der Waals surface area contributed by atoms with Crippen molar-refractivity contribution in [1.29, 1.82) is 0 Å². The molecular formula is C32H32O3S. The topological polar surface area (TPSA) is 27.7 Å². The van der Waals surface area contributed by atoms with E-state index in [1.165, 1.54) is 0 Å². The minimum atomic E-state index is -0.946. The van der Waals surface area contributed by atoms with E-state index in [2.05, 4.69) is 48.5 Å². The summed E-state index contributed by atoms with van der Waals surface area (Å²) in [6.45, 7) is 3.92. The highest BCUT2D eigenvalue weighted by Crippen LogP contribution is 2.53. The maximum absolute atomic E-state index is 6.82. The molecule has 0 amide bonds. The Kier molecular flexibility index (Phi) is 6.80. The summed E-state index contributed by atoms with van der Waals surface area (Å²) in [4.78, 5) is 0. The Morgan fingerprint density at radius 2 is 0.917 bits per heavy atom. The lowest BCUT2D eigenvalue weighted by Gasteiger charge is -2.45. The second-order valence-corrected chi connectivity index (χ2v) is 10.4. The number of hydrogen-bond donors (Lipinski definition) is 1. The lowest BCUT2D eigenvalue weighted by atomic mass is 9.73. The van der Waals surface area contributed by atoms with Crippen LogP contribution in [0.1, 0.15) is 36.1 Å². The van der Waals surface area contributed by atoms with Gasteiger partial charge >= 0.3 is 0 Å². The van der Waals surface area contributed by atoms with Gasteiger partial charge in [-0.25, -0.2) is 0 Å². The van der Waals surface area contributed by atoms with Crippen LogP contribution in [-0.4, -0.2) is 25.1 Å². The lowest BCUT2D eigenvalue weighted by Crippen LogP contribution is -2.53. The van der Waals surface area contributed by atoms with Crippen LogP contribution in [0.15, 0.2) is 121 Å². The normalized spacial score (nSPS) is 19.8. The van der Waals surface area contributed by atoms with Crippen LogP contribution in [0, 0.1) is 0 Å². The van der Waals surface area contributed by atoms with Crippen molar-refractivity contribution in [2.45, 2.75) is 42.2 Å². The first-order chi connectivity index (χ1) is 17.4. The Morgan fingerprint density at radius 1 is 0.583 bits per heavy atom. The molecule has 1 saturated heterocycles. The molecule has 1 heterocycles. The van der Waals surface area contributed by atoms with E-state index in [9.17, 15) is 0 Å². The average Bonchev–Trinajstić information content (AvgIpc) is 3.27. The fourth-order valence-electron chi connectivity index (χ4n) is 5.46. The Balaban J connectivity index is 1.79. The number of benzene rings is 4. The van der Waals surface area contributed by atoms with Gasteiger partial charge in [0.15, 0.2) is 5.79 Å². The maximum Gasteiger partial charge on any atom is 0.164 e. The third-order valence-corrected chi connectivity index (χ3v) is 7.83. The van der Waals surface area contributed by atoms with E-state index in [4.69, 9.17) is 26.8 Å². The Labute approximate surface area is 219 Å². The minimum Gasteiger partial charge on any atom is -0.366 e. The first kappa shape index (κ1) is 24.8. The third-order valence-electron chi connectivity index (χ3n) is 7.06. The molecule has 4 aromatic carbocycles. The van der Waals surface area contributed by atoms with Crippen molar-refractivity contribution in [2.24, 2.45) is 0 Å². The summed E-state index contributed by atoms with van der Waals surface area (Å²) in [5.41, 5.74) is 3.10. The van der Waals surface area contributed by atoms with Crippen LogP contribution in [0.3, 0.4) is 0 Å². The van der Waals surface area contributed by atoms with Crippen molar-refractivity contribution in [1.82, 2.24) is 0 Å². The molecule has 0 aliphatic carbocycles. The Morgan fingerprint density at radius 3 is 1.28 bits per heavy atom. The molecule has 0 aromatic heterocycles. The second-order valence-electron chi connectivity index (χ2n) is 9.65. The van der Waals surface area contributed by atoms with Gasteiger partial charge in [0.1, 0.15) is 17.8 Å². The van der Waals surface area contributed by atoms with Crippen molar-refractivity contribution >= 4 is 12.6 Å². The molecule has 3 nitrogen and oxygen atoms in total. The largest absolute Gasteiger partial charge is 0.366 e. The van der Waals surface area contributed by atoms with Crippen molar-refractivity contribution in [3.8, 4) is 0 Å². The van der Waals surface area contributed by atoms with Crippen LogP contribution in [-0.2, 0) is 24.6 Å². The van der Waals surface area contributed by atoms with E-state index in [1.54, 1.807) is 7.11 Å². The van der Waals surface area contributed by atoms with Crippen LogP contribution in [0.4, 0.5) is 0 Å². The van der Waals surface area contributed by atoms with Crippen LogP contribution in [0.5, 0.6) is 0 Å². The van der Waals surface area contributed by atoms with E-state index in [0.717, 1.165) is 22.3 Å². The maximum atomic E-state index is 6.82. The predicted molar refractivity (Wildman–Crippen MR) is 147 cm³/mol. The molecule has 0 spiro atoms. The second kappa shape index (κ2) is 9.87. The zero-order chi connectivity index (χ0) is 25.2. The van der Waals surface area contributed by atoms with Crippen molar-refractivity contribution in [3.63, 3.8) is 0 Å². The van der Waals surface area contributed by atoms with Crippen molar-refractivity contribution < 1.29 is 14.2 Å². The van der Waals surface area contributed by atoms with Crippen LogP contribution >= 0.6 is 12.6 Å². The number of hydrogen-bond acceptors (Lipinski definition) is 4. The van der Waals surface area contributed by atoms with Crippen molar-refractivity contribution in [2.75, 3.05) is 7.11 Å². The third kappa shape index (κ3) is 4.18. The number of thiol groups is 1. The molecule has 1 aliphatic heterocycles. The van der Waals surface area contributed by atoms with Gasteiger partial charge in [0, 0.05) is 7.11 Å². The van der Waals surface area contributed by atoms with Gasteiger partial charge in [-0.15, -0.1) is 0 Å². The highest BCUT2D eigenvalue weighted by molar-refractivity contribution is 7.81. The summed E-state index contributed by atoms with van der Waals surface area (Å²) < 4.78 is 19.3. The number of rotatable bonds is 7. The van der Waals surface area contributed by atoms with Gasteiger partial charge in [-0.1, -0.05) is 121 Å². The molecule has 0 bridgehead atoms. The van der Waals surface area contributed by atoms with E-state index < -0.39 is 28.3 Å². The molecule has 5 rings (SSSR count). The molecule has 0 N–H and O–H groups in total. The van der Waals surface area contributed by atoms with E-state index >= 15 is 0 Å². The molecule has 2 atom stereocenters. The van der Waals surface area contributed by atoms with Gasteiger partial charge in [0.2, 0.25) is 0 Å². The summed E-state index contributed by atoms with van der Waals surface area (Å²) in [6.07, 6.45) is -1.03. The lowest BCUT2D eigenvalue weighted by molar-refractivity contribution is -0.171. The fraction of sp³-hybridized carbons (Fsp3) is 0.250. The van der Waals surface area contributed by atoms with E-state index in [0.29, 0.717) is 0 Å². The molecule has 4 heteroatoms. The Hall–Kier alpha value is -2.89. The van der Waals surface area contributed by atoms with Gasteiger partial charge in [0.05, 0.1) is 4.75 Å². The van der Waals surface area contributed by atoms with Gasteiger partial charge < -0.3 is 14.2 Å². The number of methoxy groups -OCH3 is 1. The first-order valence-corrected chi connectivity index (χ1v) is 12.7. The quantitative estimate of drug-likeness (QED) is 0.280. The SMILES string of the molecule is COC(c1ccccc1)(c1ccccc1)[C@@H]1OC(C)(C)O[C@H]1C(S)(c1ccccc1)c1ccccc1. The zero-order valence-electron chi connectivity index (χ0n) is 20.9. The van der Waals surface area contributed by atoms with Gasteiger partial charge in [0.25, 0.3) is 0 Å². The molecule has 0 unspecified atom stereocenters. The molecule has 0 radical (unpaired) electrons. The van der Waals surface area contributed by atoms with E-state index in [-0.39, 0.29) is 0 Å². The molecule has 36 heavy (non-hydrogen) atoms. The molecule has 1 fully saturated rings. The monoisotopic (exact) mass is 496 g/mol. The van der Waals surface area contributed by atoms with Gasteiger partial charge in [-0.2, -0.15) is 12.6 Å². The minimum absolute atomic E-state index is 0.499. The van der Waals surface area contributed by atoms with E-state index in [1.807, 2.05) is 86.6 Å². The molecule has 0 saturated carbocycles. The average molecular weight is 497 g/mol. The molecular weight excluding hydrogens is 464 g/mol. The summed E-state index contributed by atoms with van der Waals surface area (Å²) in [5, 5.41) is 0. The predicted octanol–water partition coefficient (Wildman–Crippen LogP) is 6.97. The summed E-state index contributed by atoms with van der Waals surface area (Å²) in [6, 6.07) is 41.1. The first-order valence-electron chi connectivity index (χ1n) is 12.3. The smallest absolute Gasteiger partial charge is 0.164 e. The highest BCUT2D eigenvalue weighted by atomic mass is 32.1. The molecule has 184 valence electrons. The highest BCUT2D eigenvalue weighted by Gasteiger charge is 2.61. The molecule has 4 aromatic rings. The Bertz CT molecular complexity index is 1180. The summed E-state index contributed by atoms with van der Waals surface area (Å²) in [7, 11) is 1.75. The van der Waals surface area contributed by atoms with Gasteiger partial charge in [-0.05, 0) is 36.1 Å². The summed E-state index contributed by atoms with van der Waals surface area (Å²) >= 11 is 5.47. The summed E-state index contributed by atoms with van der Waals surface area (Å²) in [5.74, 6) is -0.861. The van der Waals surface area contributed by atoms with Crippen LogP contribution in [0.25, 0.3) is 0 Å². The molecule has 1 aliphatic rings. The standard InChI is InChI=1S/C32H32O3S/c1-30(2)34-28(31(33-3,24-16-8-4-9-17-24)25-18-10-5-11-19-25)29(35-30)32(36,26-20-12-6-13-21-26)27-22-14-7-15-23-27/h4-23,28-29,36H,1-3H3/t28-,29-/m1/s1. The van der Waals surface area contributed by atoms with Gasteiger partial charge in [-0.3, -0.25) is 0 Å². The number of ether oxygens (including phenoxy) is 3. The van der Waals surface area contributed by atoms with Crippen molar-refractivity contribution in [3.05, 3.63) is 144 Å². The van der Waals surface area contributed by atoms with Crippen LogP contribution < -0.4 is 0 Å². The zero-order valence-corrected chi connectivity index (χ0v) is 21.8. The fourth-order valence-corrected chi connectivity index (χ4v) is 5.95.